The van der Waals surface area contributed by atoms with E-state index in [4.69, 9.17) is 4.74 Å². The first-order valence-corrected chi connectivity index (χ1v) is 6.73. The number of pyridine rings is 1. The summed E-state index contributed by atoms with van der Waals surface area (Å²) in [5.41, 5.74) is 1.11. The van der Waals surface area contributed by atoms with E-state index in [1.165, 1.54) is 19.3 Å². The average molecular weight is 264 g/mol. The van der Waals surface area contributed by atoms with Gasteiger partial charge in [0.1, 0.15) is 0 Å². The van der Waals surface area contributed by atoms with Crippen LogP contribution in [-0.2, 0) is 6.54 Å². The van der Waals surface area contributed by atoms with E-state index in [1.807, 2.05) is 12.1 Å². The van der Waals surface area contributed by atoms with Crippen LogP contribution < -0.4 is 15.4 Å². The molecule has 1 aromatic rings. The van der Waals surface area contributed by atoms with Crippen LogP contribution in [0.1, 0.15) is 31.7 Å². The molecule has 0 aliphatic carbocycles. The molecule has 0 radical (unpaired) electrons. The van der Waals surface area contributed by atoms with Crippen LogP contribution in [0.15, 0.2) is 23.3 Å². The molecule has 1 heterocycles. The topological polar surface area (TPSA) is 58.5 Å². The number of hydrogen-bond acceptors (Lipinski definition) is 3. The Morgan fingerprint density at radius 3 is 2.89 bits per heavy atom. The summed E-state index contributed by atoms with van der Waals surface area (Å²) in [6.45, 7) is 3.85. The second kappa shape index (κ2) is 9.19. The van der Waals surface area contributed by atoms with Crippen LogP contribution in [0, 0.1) is 0 Å². The first kappa shape index (κ1) is 15.3. The summed E-state index contributed by atoms with van der Waals surface area (Å²) in [6.07, 6.45) is 5.38. The lowest BCUT2D eigenvalue weighted by atomic mass is 10.2. The molecule has 0 amide bonds. The fourth-order valence-electron chi connectivity index (χ4n) is 1.66. The second-order valence-corrected chi connectivity index (χ2v) is 4.27. The Labute approximate surface area is 115 Å². The molecule has 2 N–H and O–H groups in total. The first-order chi connectivity index (χ1) is 9.30. The SMILES string of the molecule is CCCCCNC(=NC)NCc1ccnc(OC)c1. The summed E-state index contributed by atoms with van der Waals surface area (Å²) in [5, 5.41) is 6.56. The van der Waals surface area contributed by atoms with Gasteiger partial charge in [-0.1, -0.05) is 19.8 Å². The van der Waals surface area contributed by atoms with Crippen LogP contribution in [0.25, 0.3) is 0 Å². The minimum absolute atomic E-state index is 0.630. The summed E-state index contributed by atoms with van der Waals surface area (Å²) in [4.78, 5) is 8.27. The molecule has 0 saturated heterocycles. The fourth-order valence-corrected chi connectivity index (χ4v) is 1.66. The van der Waals surface area contributed by atoms with Crippen LogP contribution in [-0.4, -0.2) is 31.6 Å². The molecule has 0 spiro atoms. The lowest BCUT2D eigenvalue weighted by Crippen LogP contribution is -2.37. The van der Waals surface area contributed by atoms with Crippen LogP contribution in [0.2, 0.25) is 0 Å². The largest absolute Gasteiger partial charge is 0.481 e. The predicted molar refractivity (Wildman–Crippen MR) is 78.5 cm³/mol. The van der Waals surface area contributed by atoms with Gasteiger partial charge in [-0.3, -0.25) is 4.99 Å². The van der Waals surface area contributed by atoms with E-state index in [0.717, 1.165) is 18.1 Å². The van der Waals surface area contributed by atoms with Crippen molar-refractivity contribution in [2.75, 3.05) is 20.7 Å². The van der Waals surface area contributed by atoms with E-state index in [0.29, 0.717) is 12.4 Å². The minimum Gasteiger partial charge on any atom is -0.481 e. The van der Waals surface area contributed by atoms with Crippen molar-refractivity contribution in [1.29, 1.82) is 0 Å². The van der Waals surface area contributed by atoms with E-state index >= 15 is 0 Å². The Morgan fingerprint density at radius 2 is 2.21 bits per heavy atom. The predicted octanol–water partition coefficient (Wildman–Crippen LogP) is 1.95. The third-order valence-electron chi connectivity index (χ3n) is 2.76. The van der Waals surface area contributed by atoms with E-state index in [9.17, 15) is 0 Å². The Bertz CT molecular complexity index is 393. The van der Waals surface area contributed by atoms with Gasteiger partial charge in [0, 0.05) is 32.4 Å². The number of ether oxygens (including phenoxy) is 1. The molecular formula is C14H24N4O. The average Bonchev–Trinajstić information content (AvgIpc) is 2.47. The normalized spacial score (nSPS) is 11.2. The molecule has 1 rings (SSSR count). The summed E-state index contributed by atoms with van der Waals surface area (Å²) in [6, 6.07) is 3.87. The number of hydrogen-bond donors (Lipinski definition) is 2. The molecule has 1 aromatic heterocycles. The van der Waals surface area contributed by atoms with Gasteiger partial charge < -0.3 is 15.4 Å². The lowest BCUT2D eigenvalue weighted by Gasteiger charge is -2.12. The number of guanidine groups is 1. The molecule has 0 atom stereocenters. The highest BCUT2D eigenvalue weighted by Gasteiger charge is 1.99. The maximum absolute atomic E-state index is 5.10. The van der Waals surface area contributed by atoms with Crippen molar-refractivity contribution in [3.63, 3.8) is 0 Å². The van der Waals surface area contributed by atoms with Crippen LogP contribution in [0.3, 0.4) is 0 Å². The second-order valence-electron chi connectivity index (χ2n) is 4.27. The van der Waals surface area contributed by atoms with Gasteiger partial charge in [-0.15, -0.1) is 0 Å². The number of methoxy groups -OCH3 is 1. The number of rotatable bonds is 7. The zero-order valence-corrected chi connectivity index (χ0v) is 12.1. The quantitative estimate of drug-likeness (QED) is 0.449. The van der Waals surface area contributed by atoms with Crippen molar-refractivity contribution < 1.29 is 4.74 Å². The summed E-state index contributed by atoms with van der Waals surface area (Å²) < 4.78 is 5.10. The fraction of sp³-hybridized carbons (Fsp3) is 0.571. The molecule has 0 aliphatic heterocycles. The lowest BCUT2D eigenvalue weighted by molar-refractivity contribution is 0.397. The molecule has 106 valence electrons. The Morgan fingerprint density at radius 1 is 1.37 bits per heavy atom. The summed E-state index contributed by atoms with van der Waals surface area (Å²) in [7, 11) is 3.40. The standard InChI is InChI=1S/C14H24N4O/c1-4-5-6-8-17-14(15-2)18-11-12-7-9-16-13(10-12)19-3/h7,9-10H,4-6,8,11H2,1-3H3,(H2,15,17,18). The van der Waals surface area contributed by atoms with Crippen molar-refractivity contribution in [3.8, 4) is 5.88 Å². The minimum atomic E-state index is 0.630. The smallest absolute Gasteiger partial charge is 0.213 e. The highest BCUT2D eigenvalue weighted by molar-refractivity contribution is 5.79. The number of nitrogens with zero attached hydrogens (tertiary/aromatic N) is 2. The van der Waals surface area contributed by atoms with Gasteiger partial charge in [-0.05, 0) is 18.1 Å². The molecule has 5 heteroatoms. The number of unbranched alkanes of at least 4 members (excludes halogenated alkanes) is 2. The van der Waals surface area contributed by atoms with Crippen molar-refractivity contribution in [2.45, 2.75) is 32.7 Å². The number of aromatic nitrogens is 1. The van der Waals surface area contributed by atoms with Crippen molar-refractivity contribution >= 4 is 5.96 Å². The Hall–Kier alpha value is -1.78. The van der Waals surface area contributed by atoms with Gasteiger partial charge in [0.15, 0.2) is 5.96 Å². The van der Waals surface area contributed by atoms with Crippen molar-refractivity contribution in [3.05, 3.63) is 23.9 Å². The van der Waals surface area contributed by atoms with Gasteiger partial charge >= 0.3 is 0 Å². The third kappa shape index (κ3) is 6.08. The van der Waals surface area contributed by atoms with E-state index < -0.39 is 0 Å². The van der Waals surface area contributed by atoms with Crippen LogP contribution >= 0.6 is 0 Å². The molecular weight excluding hydrogens is 240 g/mol. The molecule has 5 nitrogen and oxygen atoms in total. The van der Waals surface area contributed by atoms with Gasteiger partial charge in [-0.2, -0.15) is 0 Å². The zero-order chi connectivity index (χ0) is 13.9. The summed E-state index contributed by atoms with van der Waals surface area (Å²) in [5.74, 6) is 1.46. The Kier molecular flexibility index (Phi) is 7.39. The van der Waals surface area contributed by atoms with Crippen LogP contribution in [0.5, 0.6) is 5.88 Å². The van der Waals surface area contributed by atoms with Crippen LogP contribution in [0.4, 0.5) is 0 Å². The maximum atomic E-state index is 5.10. The number of nitrogens with one attached hydrogen (secondary N) is 2. The molecule has 19 heavy (non-hydrogen) atoms. The highest BCUT2D eigenvalue weighted by Crippen LogP contribution is 2.07. The van der Waals surface area contributed by atoms with Crippen molar-refractivity contribution in [1.82, 2.24) is 15.6 Å². The number of aliphatic imine (C=N–C) groups is 1. The molecule has 0 bridgehead atoms. The third-order valence-corrected chi connectivity index (χ3v) is 2.76. The molecule has 0 unspecified atom stereocenters. The zero-order valence-electron chi connectivity index (χ0n) is 12.1. The molecule has 0 aliphatic rings. The van der Waals surface area contributed by atoms with Gasteiger partial charge in [-0.25, -0.2) is 4.98 Å². The maximum Gasteiger partial charge on any atom is 0.213 e. The molecule has 0 aromatic carbocycles. The van der Waals surface area contributed by atoms with E-state index in [-0.39, 0.29) is 0 Å². The van der Waals surface area contributed by atoms with Gasteiger partial charge in [0.25, 0.3) is 0 Å². The molecule has 0 saturated carbocycles. The van der Waals surface area contributed by atoms with Crippen molar-refractivity contribution in [2.24, 2.45) is 4.99 Å². The first-order valence-electron chi connectivity index (χ1n) is 6.73. The highest BCUT2D eigenvalue weighted by atomic mass is 16.5. The monoisotopic (exact) mass is 264 g/mol. The van der Waals surface area contributed by atoms with Gasteiger partial charge in [0.2, 0.25) is 5.88 Å². The van der Waals surface area contributed by atoms with Gasteiger partial charge in [0.05, 0.1) is 7.11 Å². The molecule has 0 fully saturated rings. The Balaban J connectivity index is 2.36. The summed E-state index contributed by atoms with van der Waals surface area (Å²) >= 11 is 0. The van der Waals surface area contributed by atoms with E-state index in [2.05, 4.69) is 27.5 Å². The van der Waals surface area contributed by atoms with E-state index in [1.54, 1.807) is 20.4 Å².